The number of hydrogen-bond acceptors (Lipinski definition) is 6. The van der Waals surface area contributed by atoms with Gasteiger partial charge in [0.05, 0.1) is 17.1 Å². The standard InChI is InChI=1S/C17H18ClN5O/c18-13-2-1-3-14-12(13)8-19-15(21-14)22-16-20-9-17(24-16)10-23-6-4-11(17)5-7-23/h1-3,8,11H,4-7,9-10H2,(H,19,20,21,22). The SMILES string of the molecule is Clc1cccc2nc(NC3=NCC4(CN5CCC4CC5)O3)ncc12. The number of aromatic nitrogens is 2. The Bertz CT molecular complexity index is 833. The van der Waals surface area contributed by atoms with Gasteiger partial charge in [-0.05, 0) is 38.1 Å². The molecular weight excluding hydrogens is 326 g/mol. The largest absolute Gasteiger partial charge is 0.455 e. The van der Waals surface area contributed by atoms with Crippen LogP contribution in [0.3, 0.4) is 0 Å². The quantitative estimate of drug-likeness (QED) is 0.862. The molecule has 1 aromatic heterocycles. The Morgan fingerprint density at radius 2 is 2.17 bits per heavy atom. The van der Waals surface area contributed by atoms with Crippen molar-refractivity contribution in [3.8, 4) is 0 Å². The summed E-state index contributed by atoms with van der Waals surface area (Å²) in [7, 11) is 0. The Kier molecular flexibility index (Phi) is 3.18. The van der Waals surface area contributed by atoms with Crippen LogP contribution in [0.4, 0.5) is 5.95 Å². The van der Waals surface area contributed by atoms with Gasteiger partial charge < -0.3 is 4.74 Å². The summed E-state index contributed by atoms with van der Waals surface area (Å²) < 4.78 is 6.25. The van der Waals surface area contributed by atoms with E-state index in [1.54, 1.807) is 6.20 Å². The Labute approximate surface area is 144 Å². The first kappa shape index (κ1) is 14.4. The van der Waals surface area contributed by atoms with Crippen molar-refractivity contribution in [2.45, 2.75) is 18.4 Å². The fraction of sp³-hybridized carbons (Fsp3) is 0.471. The van der Waals surface area contributed by atoms with Gasteiger partial charge in [0.15, 0.2) is 0 Å². The summed E-state index contributed by atoms with van der Waals surface area (Å²) in [4.78, 5) is 15.9. The van der Waals surface area contributed by atoms with E-state index < -0.39 is 0 Å². The Balaban J connectivity index is 1.36. The van der Waals surface area contributed by atoms with Crippen molar-refractivity contribution >= 4 is 34.5 Å². The second-order valence-electron chi connectivity index (χ2n) is 6.83. The summed E-state index contributed by atoms with van der Waals surface area (Å²) in [5.41, 5.74) is 0.648. The zero-order chi connectivity index (χ0) is 16.1. The number of nitrogens with one attached hydrogen (secondary N) is 1. The Hall–Kier alpha value is -1.92. The number of nitrogens with zero attached hydrogens (tertiary/aromatic N) is 4. The molecule has 3 saturated heterocycles. The Morgan fingerprint density at radius 1 is 1.29 bits per heavy atom. The molecule has 0 amide bonds. The van der Waals surface area contributed by atoms with Crippen LogP contribution < -0.4 is 5.32 Å². The van der Waals surface area contributed by atoms with Crippen molar-refractivity contribution in [3.05, 3.63) is 29.4 Å². The molecule has 0 saturated carbocycles. The second-order valence-corrected chi connectivity index (χ2v) is 7.24. The lowest BCUT2D eigenvalue weighted by Crippen LogP contribution is -2.61. The molecule has 1 unspecified atom stereocenters. The van der Waals surface area contributed by atoms with Crippen LogP contribution >= 0.6 is 11.6 Å². The maximum Gasteiger partial charge on any atom is 0.292 e. The van der Waals surface area contributed by atoms with Gasteiger partial charge in [-0.25, -0.2) is 15.0 Å². The summed E-state index contributed by atoms with van der Waals surface area (Å²) >= 11 is 6.16. The van der Waals surface area contributed by atoms with Crippen molar-refractivity contribution in [1.29, 1.82) is 0 Å². The van der Waals surface area contributed by atoms with Gasteiger partial charge in [0.25, 0.3) is 6.02 Å². The number of rotatable bonds is 1. The molecule has 4 aliphatic heterocycles. The van der Waals surface area contributed by atoms with Gasteiger partial charge in [0.1, 0.15) is 5.60 Å². The van der Waals surface area contributed by atoms with Crippen LogP contribution in [0.25, 0.3) is 10.9 Å². The summed E-state index contributed by atoms with van der Waals surface area (Å²) in [6.45, 7) is 4.07. The maximum atomic E-state index is 6.25. The summed E-state index contributed by atoms with van der Waals surface area (Å²) in [6.07, 6.45) is 4.13. The first-order valence-corrected chi connectivity index (χ1v) is 8.74. The fourth-order valence-electron chi connectivity index (χ4n) is 4.12. The molecule has 1 spiro atoms. The van der Waals surface area contributed by atoms with Crippen LogP contribution in [0.5, 0.6) is 0 Å². The summed E-state index contributed by atoms with van der Waals surface area (Å²) in [6, 6.07) is 6.17. The number of anilines is 1. The highest BCUT2D eigenvalue weighted by molar-refractivity contribution is 6.35. The predicted molar refractivity (Wildman–Crippen MR) is 93.5 cm³/mol. The number of ether oxygens (including phenoxy) is 1. The van der Waals surface area contributed by atoms with Gasteiger partial charge in [-0.2, -0.15) is 0 Å². The molecule has 7 heteroatoms. The molecule has 1 aromatic carbocycles. The minimum absolute atomic E-state index is 0.154. The molecule has 2 bridgehead atoms. The fourth-order valence-corrected chi connectivity index (χ4v) is 4.34. The molecule has 24 heavy (non-hydrogen) atoms. The monoisotopic (exact) mass is 343 g/mol. The van der Waals surface area contributed by atoms with E-state index in [0.29, 0.717) is 22.9 Å². The summed E-state index contributed by atoms with van der Waals surface area (Å²) in [5.74, 6) is 1.09. The Morgan fingerprint density at radius 3 is 2.96 bits per heavy atom. The third kappa shape index (κ3) is 2.24. The number of amidine groups is 1. The molecule has 4 aliphatic rings. The lowest BCUT2D eigenvalue weighted by Gasteiger charge is -2.50. The van der Waals surface area contributed by atoms with Crippen molar-refractivity contribution < 1.29 is 4.74 Å². The van der Waals surface area contributed by atoms with Crippen molar-refractivity contribution in [2.75, 3.05) is 31.5 Å². The van der Waals surface area contributed by atoms with Crippen LogP contribution in [0, 0.1) is 5.92 Å². The lowest BCUT2D eigenvalue weighted by atomic mass is 9.75. The van der Waals surface area contributed by atoms with Gasteiger partial charge in [-0.3, -0.25) is 10.2 Å². The van der Waals surface area contributed by atoms with Crippen LogP contribution in [-0.2, 0) is 4.74 Å². The third-order valence-corrected chi connectivity index (χ3v) is 5.73. The van der Waals surface area contributed by atoms with Gasteiger partial charge in [0, 0.05) is 24.0 Å². The zero-order valence-corrected chi connectivity index (χ0v) is 14.0. The average molecular weight is 344 g/mol. The molecule has 1 N–H and O–H groups in total. The minimum atomic E-state index is -0.154. The molecule has 6 rings (SSSR count). The third-order valence-electron chi connectivity index (χ3n) is 5.40. The molecule has 1 atom stereocenters. The highest BCUT2D eigenvalue weighted by Gasteiger charge is 2.51. The molecular formula is C17H18ClN5O. The minimum Gasteiger partial charge on any atom is -0.455 e. The molecule has 3 fully saturated rings. The van der Waals surface area contributed by atoms with E-state index in [1.165, 1.54) is 25.9 Å². The number of halogens is 1. The van der Waals surface area contributed by atoms with Gasteiger partial charge in [-0.1, -0.05) is 17.7 Å². The van der Waals surface area contributed by atoms with Gasteiger partial charge in [-0.15, -0.1) is 0 Å². The van der Waals surface area contributed by atoms with E-state index in [1.807, 2.05) is 18.2 Å². The van der Waals surface area contributed by atoms with E-state index in [2.05, 4.69) is 25.2 Å². The average Bonchev–Trinajstić information content (AvgIpc) is 2.98. The molecule has 6 nitrogen and oxygen atoms in total. The number of fused-ring (bicyclic) bond motifs is 3. The van der Waals surface area contributed by atoms with Crippen LogP contribution in [0.15, 0.2) is 29.4 Å². The van der Waals surface area contributed by atoms with Crippen molar-refractivity contribution in [1.82, 2.24) is 14.9 Å². The summed E-state index contributed by atoms with van der Waals surface area (Å²) in [5, 5.41) is 4.62. The molecule has 0 radical (unpaired) electrons. The van der Waals surface area contributed by atoms with E-state index >= 15 is 0 Å². The van der Waals surface area contributed by atoms with E-state index in [-0.39, 0.29) is 5.60 Å². The topological polar surface area (TPSA) is 62.6 Å². The molecule has 0 aliphatic carbocycles. The molecule has 5 heterocycles. The van der Waals surface area contributed by atoms with Gasteiger partial charge >= 0.3 is 0 Å². The number of piperidine rings is 3. The molecule has 2 aromatic rings. The normalized spacial score (nSPS) is 31.3. The predicted octanol–water partition coefficient (Wildman–Crippen LogP) is 2.55. The number of aliphatic imine (C=N–C) groups is 1. The van der Waals surface area contributed by atoms with Crippen LogP contribution in [-0.4, -0.2) is 52.7 Å². The highest BCUT2D eigenvalue weighted by Crippen LogP contribution is 2.40. The lowest BCUT2D eigenvalue weighted by molar-refractivity contribution is -0.0829. The van der Waals surface area contributed by atoms with Gasteiger partial charge in [0.2, 0.25) is 5.95 Å². The smallest absolute Gasteiger partial charge is 0.292 e. The first-order chi connectivity index (χ1) is 11.7. The van der Waals surface area contributed by atoms with E-state index in [0.717, 1.165) is 24.0 Å². The molecule has 124 valence electrons. The van der Waals surface area contributed by atoms with Crippen molar-refractivity contribution in [3.63, 3.8) is 0 Å². The highest BCUT2D eigenvalue weighted by atomic mass is 35.5. The van der Waals surface area contributed by atoms with Crippen LogP contribution in [0.2, 0.25) is 5.02 Å². The number of hydrogen-bond donors (Lipinski definition) is 1. The van der Waals surface area contributed by atoms with Crippen LogP contribution in [0.1, 0.15) is 12.8 Å². The second kappa shape index (κ2) is 5.29. The first-order valence-electron chi connectivity index (χ1n) is 8.36. The zero-order valence-electron chi connectivity index (χ0n) is 13.2. The van der Waals surface area contributed by atoms with E-state index in [4.69, 9.17) is 16.3 Å². The van der Waals surface area contributed by atoms with Crippen molar-refractivity contribution in [2.24, 2.45) is 10.9 Å². The maximum absolute atomic E-state index is 6.25. The van der Waals surface area contributed by atoms with E-state index in [9.17, 15) is 0 Å². The number of benzene rings is 1.